The standard InChI is InChI=1S/C14H14FNO/c1-2-10-3-5-13(6-4-10)17-14-8-11(15)7-12(16)9-14/h3-9H,2,16H2,1H3. The summed E-state index contributed by atoms with van der Waals surface area (Å²) in [6.45, 7) is 2.09. The predicted octanol–water partition coefficient (Wildman–Crippen LogP) is 3.76. The van der Waals surface area contributed by atoms with Crippen molar-refractivity contribution in [2.75, 3.05) is 5.73 Å². The van der Waals surface area contributed by atoms with Crippen molar-refractivity contribution in [2.24, 2.45) is 0 Å². The van der Waals surface area contributed by atoms with Crippen molar-refractivity contribution >= 4 is 5.69 Å². The molecule has 17 heavy (non-hydrogen) atoms. The van der Waals surface area contributed by atoms with Gasteiger partial charge in [0.05, 0.1) is 0 Å². The Hall–Kier alpha value is -2.03. The maximum Gasteiger partial charge on any atom is 0.132 e. The summed E-state index contributed by atoms with van der Waals surface area (Å²) in [4.78, 5) is 0. The van der Waals surface area contributed by atoms with E-state index in [0.29, 0.717) is 17.2 Å². The second-order valence-electron chi connectivity index (χ2n) is 3.82. The highest BCUT2D eigenvalue weighted by atomic mass is 19.1. The number of nitrogen functional groups attached to an aromatic ring is 1. The Morgan fingerprint density at radius 3 is 2.35 bits per heavy atom. The van der Waals surface area contributed by atoms with E-state index in [2.05, 4.69) is 6.92 Å². The van der Waals surface area contributed by atoms with E-state index in [4.69, 9.17) is 10.5 Å². The van der Waals surface area contributed by atoms with Crippen molar-refractivity contribution in [1.82, 2.24) is 0 Å². The number of rotatable bonds is 3. The van der Waals surface area contributed by atoms with E-state index >= 15 is 0 Å². The summed E-state index contributed by atoms with van der Waals surface area (Å²) in [5, 5.41) is 0. The molecule has 0 unspecified atom stereocenters. The molecule has 0 bridgehead atoms. The van der Waals surface area contributed by atoms with Crippen LogP contribution >= 0.6 is 0 Å². The minimum atomic E-state index is -0.398. The molecule has 2 N–H and O–H groups in total. The lowest BCUT2D eigenvalue weighted by molar-refractivity contribution is 0.477. The van der Waals surface area contributed by atoms with Gasteiger partial charge in [-0.2, -0.15) is 0 Å². The van der Waals surface area contributed by atoms with Gasteiger partial charge in [0.1, 0.15) is 17.3 Å². The van der Waals surface area contributed by atoms with Gasteiger partial charge in [-0.3, -0.25) is 0 Å². The van der Waals surface area contributed by atoms with E-state index in [0.717, 1.165) is 6.42 Å². The van der Waals surface area contributed by atoms with Crippen LogP contribution in [0.4, 0.5) is 10.1 Å². The van der Waals surface area contributed by atoms with Gasteiger partial charge >= 0.3 is 0 Å². The monoisotopic (exact) mass is 231 g/mol. The second-order valence-corrected chi connectivity index (χ2v) is 3.82. The van der Waals surface area contributed by atoms with Crippen molar-refractivity contribution in [3.05, 3.63) is 53.8 Å². The van der Waals surface area contributed by atoms with Crippen LogP contribution in [-0.2, 0) is 6.42 Å². The van der Waals surface area contributed by atoms with Crippen LogP contribution in [0.1, 0.15) is 12.5 Å². The van der Waals surface area contributed by atoms with Crippen LogP contribution in [0.5, 0.6) is 11.5 Å². The molecule has 0 fully saturated rings. The lowest BCUT2D eigenvalue weighted by Gasteiger charge is -2.07. The third-order valence-electron chi connectivity index (χ3n) is 2.46. The Balaban J connectivity index is 2.19. The van der Waals surface area contributed by atoms with Gasteiger partial charge in [0.2, 0.25) is 0 Å². The SMILES string of the molecule is CCc1ccc(Oc2cc(N)cc(F)c2)cc1. The summed E-state index contributed by atoms with van der Waals surface area (Å²) in [6, 6.07) is 11.9. The van der Waals surface area contributed by atoms with E-state index in [9.17, 15) is 4.39 Å². The first-order chi connectivity index (χ1) is 8.17. The third kappa shape index (κ3) is 2.97. The van der Waals surface area contributed by atoms with Crippen LogP contribution in [0.2, 0.25) is 0 Å². The third-order valence-corrected chi connectivity index (χ3v) is 2.46. The molecule has 0 aliphatic carbocycles. The molecule has 2 rings (SSSR count). The molecule has 88 valence electrons. The van der Waals surface area contributed by atoms with Crippen molar-refractivity contribution in [3.8, 4) is 11.5 Å². The Bertz CT molecular complexity index is 488. The molecule has 2 aromatic rings. The van der Waals surface area contributed by atoms with Crippen molar-refractivity contribution in [1.29, 1.82) is 0 Å². The van der Waals surface area contributed by atoms with Gasteiger partial charge in [-0.1, -0.05) is 19.1 Å². The molecule has 2 aromatic carbocycles. The van der Waals surface area contributed by atoms with E-state index in [1.165, 1.54) is 17.7 Å². The highest BCUT2D eigenvalue weighted by molar-refractivity contribution is 5.46. The molecule has 2 nitrogen and oxygen atoms in total. The molecule has 0 saturated carbocycles. The highest BCUT2D eigenvalue weighted by Crippen LogP contribution is 2.24. The lowest BCUT2D eigenvalue weighted by Crippen LogP contribution is -1.90. The van der Waals surface area contributed by atoms with Gasteiger partial charge in [-0.15, -0.1) is 0 Å². The van der Waals surface area contributed by atoms with Crippen molar-refractivity contribution < 1.29 is 9.13 Å². The zero-order chi connectivity index (χ0) is 12.3. The summed E-state index contributed by atoms with van der Waals surface area (Å²) in [5.74, 6) is 0.684. The molecule has 0 saturated heterocycles. The fraction of sp³-hybridized carbons (Fsp3) is 0.143. The second kappa shape index (κ2) is 4.87. The fourth-order valence-electron chi connectivity index (χ4n) is 1.57. The Morgan fingerprint density at radius 2 is 1.76 bits per heavy atom. The molecule has 0 aliphatic rings. The van der Waals surface area contributed by atoms with E-state index in [1.807, 2.05) is 24.3 Å². The number of aryl methyl sites for hydroxylation is 1. The average molecular weight is 231 g/mol. The number of ether oxygens (including phenoxy) is 1. The molecule has 0 spiro atoms. The van der Waals surface area contributed by atoms with Crippen molar-refractivity contribution in [3.63, 3.8) is 0 Å². The smallest absolute Gasteiger partial charge is 0.132 e. The first-order valence-electron chi connectivity index (χ1n) is 5.50. The number of benzene rings is 2. The van der Waals surface area contributed by atoms with Gasteiger partial charge in [0, 0.05) is 17.8 Å². The molecule has 0 aromatic heterocycles. The normalized spacial score (nSPS) is 10.2. The molecular formula is C14H14FNO. The van der Waals surface area contributed by atoms with Crippen molar-refractivity contribution in [2.45, 2.75) is 13.3 Å². The molecule has 0 aliphatic heterocycles. The Labute approximate surface area is 99.8 Å². The largest absolute Gasteiger partial charge is 0.457 e. The summed E-state index contributed by atoms with van der Waals surface area (Å²) in [7, 11) is 0. The molecular weight excluding hydrogens is 217 g/mol. The Morgan fingerprint density at radius 1 is 1.06 bits per heavy atom. The van der Waals surface area contributed by atoms with Gasteiger partial charge in [-0.25, -0.2) is 4.39 Å². The molecule has 0 radical (unpaired) electrons. The minimum Gasteiger partial charge on any atom is -0.457 e. The fourth-order valence-corrected chi connectivity index (χ4v) is 1.57. The van der Waals surface area contributed by atoms with Gasteiger partial charge in [0.15, 0.2) is 0 Å². The quantitative estimate of drug-likeness (QED) is 0.816. The van der Waals surface area contributed by atoms with Crippen LogP contribution in [0.25, 0.3) is 0 Å². The number of hydrogen-bond donors (Lipinski definition) is 1. The molecule has 3 heteroatoms. The molecule has 0 atom stereocenters. The number of nitrogens with two attached hydrogens (primary N) is 1. The van der Waals surface area contributed by atoms with Crippen LogP contribution < -0.4 is 10.5 Å². The van der Waals surface area contributed by atoms with Crippen LogP contribution in [0.15, 0.2) is 42.5 Å². The molecule has 0 amide bonds. The zero-order valence-corrected chi connectivity index (χ0v) is 9.61. The average Bonchev–Trinajstić information content (AvgIpc) is 2.28. The van der Waals surface area contributed by atoms with Gasteiger partial charge < -0.3 is 10.5 Å². The number of hydrogen-bond acceptors (Lipinski definition) is 2. The summed E-state index contributed by atoms with van der Waals surface area (Å²) in [6.07, 6.45) is 0.979. The summed E-state index contributed by atoms with van der Waals surface area (Å²) >= 11 is 0. The minimum absolute atomic E-state index is 0.352. The van der Waals surface area contributed by atoms with Crippen LogP contribution in [-0.4, -0.2) is 0 Å². The topological polar surface area (TPSA) is 35.2 Å². The lowest BCUT2D eigenvalue weighted by atomic mass is 10.2. The maximum atomic E-state index is 13.1. The predicted molar refractivity (Wildman–Crippen MR) is 66.7 cm³/mol. The first kappa shape index (κ1) is 11.5. The van der Waals surface area contributed by atoms with Crippen LogP contribution in [0.3, 0.4) is 0 Å². The van der Waals surface area contributed by atoms with Gasteiger partial charge in [-0.05, 0) is 30.2 Å². The Kier molecular flexibility index (Phi) is 3.28. The van der Waals surface area contributed by atoms with E-state index in [1.54, 1.807) is 6.07 Å². The number of anilines is 1. The summed E-state index contributed by atoms with van der Waals surface area (Å²) < 4.78 is 18.6. The summed E-state index contributed by atoms with van der Waals surface area (Å²) in [5.41, 5.74) is 7.12. The highest BCUT2D eigenvalue weighted by Gasteiger charge is 2.01. The van der Waals surface area contributed by atoms with E-state index in [-0.39, 0.29) is 0 Å². The first-order valence-corrected chi connectivity index (χ1v) is 5.50. The van der Waals surface area contributed by atoms with Gasteiger partial charge in [0.25, 0.3) is 0 Å². The van der Waals surface area contributed by atoms with Crippen LogP contribution in [0, 0.1) is 5.82 Å². The maximum absolute atomic E-state index is 13.1. The molecule has 0 heterocycles. The van der Waals surface area contributed by atoms with E-state index < -0.39 is 5.82 Å². The number of halogens is 1. The zero-order valence-electron chi connectivity index (χ0n) is 9.61.